The highest BCUT2D eigenvalue weighted by Gasteiger charge is 2.06. The van der Waals surface area contributed by atoms with Crippen LogP contribution in [0, 0.1) is 6.92 Å². The first-order chi connectivity index (χ1) is 17.2. The van der Waals surface area contributed by atoms with Crippen molar-refractivity contribution in [3.8, 4) is 28.3 Å². The topological polar surface area (TPSA) is 84.9 Å². The molecule has 7 nitrogen and oxygen atoms in total. The van der Waals surface area contributed by atoms with E-state index in [1.165, 1.54) is 0 Å². The second-order valence-electron chi connectivity index (χ2n) is 7.91. The SMILES string of the molecule is COc1ccc(-c2ccc(Nc3cccc(Nc4cc(-c5ccccc5)nc(C)n4)c3)nn2)cc1. The zero-order valence-electron chi connectivity index (χ0n) is 19.4. The van der Waals surface area contributed by atoms with Crippen LogP contribution >= 0.6 is 0 Å². The number of hydrogen-bond acceptors (Lipinski definition) is 7. The van der Waals surface area contributed by atoms with Crippen LogP contribution in [0.1, 0.15) is 5.82 Å². The van der Waals surface area contributed by atoms with Gasteiger partial charge in [-0.15, -0.1) is 10.2 Å². The van der Waals surface area contributed by atoms with E-state index in [-0.39, 0.29) is 0 Å². The summed E-state index contributed by atoms with van der Waals surface area (Å²) in [6, 6.07) is 31.5. The molecular weight excluding hydrogens is 436 g/mol. The lowest BCUT2D eigenvalue weighted by molar-refractivity contribution is 0.415. The quantitative estimate of drug-likeness (QED) is 0.290. The molecule has 5 aromatic rings. The van der Waals surface area contributed by atoms with Crippen LogP contribution in [-0.2, 0) is 0 Å². The monoisotopic (exact) mass is 460 g/mol. The van der Waals surface area contributed by atoms with Crippen molar-refractivity contribution in [1.82, 2.24) is 20.2 Å². The zero-order valence-corrected chi connectivity index (χ0v) is 19.4. The summed E-state index contributed by atoms with van der Waals surface area (Å²) in [5.74, 6) is 2.90. The lowest BCUT2D eigenvalue weighted by atomic mass is 10.1. The Balaban J connectivity index is 1.30. The first-order valence-electron chi connectivity index (χ1n) is 11.2. The van der Waals surface area contributed by atoms with Gasteiger partial charge >= 0.3 is 0 Å². The van der Waals surface area contributed by atoms with E-state index in [0.29, 0.717) is 11.6 Å². The minimum Gasteiger partial charge on any atom is -0.497 e. The fraction of sp³-hybridized carbons (Fsp3) is 0.0714. The maximum atomic E-state index is 5.21. The molecule has 0 saturated carbocycles. The van der Waals surface area contributed by atoms with Crippen molar-refractivity contribution in [2.75, 3.05) is 17.7 Å². The Morgan fingerprint density at radius 1 is 0.600 bits per heavy atom. The van der Waals surface area contributed by atoms with E-state index in [1.807, 2.05) is 104 Å². The van der Waals surface area contributed by atoms with Gasteiger partial charge in [-0.1, -0.05) is 36.4 Å². The molecule has 7 heteroatoms. The van der Waals surface area contributed by atoms with Crippen LogP contribution in [0.15, 0.2) is 97.1 Å². The standard InChI is InChI=1S/C28H24N6O/c1-19-29-26(20-7-4-3-5-8-20)18-28(30-19)32-23-10-6-9-22(17-23)31-27-16-15-25(33-34-27)21-11-13-24(35-2)14-12-21/h3-18H,1-2H3,(H,31,34)(H,29,30,32). The maximum Gasteiger partial charge on any atom is 0.153 e. The second kappa shape index (κ2) is 10.0. The summed E-state index contributed by atoms with van der Waals surface area (Å²) in [7, 11) is 1.65. The second-order valence-corrected chi connectivity index (χ2v) is 7.91. The number of anilines is 4. The summed E-state index contributed by atoms with van der Waals surface area (Å²) in [5, 5.41) is 15.4. The number of aromatic nitrogens is 4. The molecule has 0 aliphatic rings. The fourth-order valence-corrected chi connectivity index (χ4v) is 3.67. The van der Waals surface area contributed by atoms with Crippen molar-refractivity contribution in [2.24, 2.45) is 0 Å². The van der Waals surface area contributed by atoms with Crippen molar-refractivity contribution in [1.29, 1.82) is 0 Å². The summed E-state index contributed by atoms with van der Waals surface area (Å²) in [6.07, 6.45) is 0. The van der Waals surface area contributed by atoms with Crippen molar-refractivity contribution >= 4 is 23.0 Å². The molecular formula is C28H24N6O. The van der Waals surface area contributed by atoms with Gasteiger partial charge in [-0.2, -0.15) is 0 Å². The number of aryl methyl sites for hydroxylation is 1. The summed E-state index contributed by atoms with van der Waals surface area (Å²) < 4.78 is 5.21. The lowest BCUT2D eigenvalue weighted by Gasteiger charge is -2.11. The van der Waals surface area contributed by atoms with Crippen LogP contribution in [0.3, 0.4) is 0 Å². The Kier molecular flexibility index (Phi) is 6.30. The molecule has 2 N–H and O–H groups in total. The molecule has 0 spiro atoms. The minimum atomic E-state index is 0.656. The molecule has 0 radical (unpaired) electrons. The van der Waals surface area contributed by atoms with Crippen molar-refractivity contribution < 1.29 is 4.74 Å². The van der Waals surface area contributed by atoms with Gasteiger partial charge in [0.15, 0.2) is 5.82 Å². The smallest absolute Gasteiger partial charge is 0.153 e. The van der Waals surface area contributed by atoms with Crippen LogP contribution in [0.2, 0.25) is 0 Å². The average Bonchev–Trinajstić information content (AvgIpc) is 2.90. The Hall–Kier alpha value is -4.78. The summed E-state index contributed by atoms with van der Waals surface area (Å²) >= 11 is 0. The first-order valence-corrected chi connectivity index (χ1v) is 11.2. The molecule has 0 fully saturated rings. The van der Waals surface area contributed by atoms with Crippen molar-refractivity contribution in [3.63, 3.8) is 0 Å². The molecule has 0 saturated heterocycles. The molecule has 35 heavy (non-hydrogen) atoms. The van der Waals surface area contributed by atoms with Gasteiger partial charge in [-0.3, -0.25) is 0 Å². The van der Waals surface area contributed by atoms with Gasteiger partial charge in [0.1, 0.15) is 17.4 Å². The van der Waals surface area contributed by atoms with Gasteiger partial charge in [-0.05, 0) is 61.5 Å². The van der Waals surface area contributed by atoms with Gasteiger partial charge < -0.3 is 15.4 Å². The Morgan fingerprint density at radius 3 is 2.00 bits per heavy atom. The van der Waals surface area contributed by atoms with Crippen molar-refractivity contribution in [2.45, 2.75) is 6.92 Å². The number of methoxy groups -OCH3 is 1. The molecule has 0 amide bonds. The zero-order chi connectivity index (χ0) is 24.0. The minimum absolute atomic E-state index is 0.656. The largest absolute Gasteiger partial charge is 0.497 e. The van der Waals surface area contributed by atoms with Crippen LogP contribution in [-0.4, -0.2) is 27.3 Å². The number of ether oxygens (including phenoxy) is 1. The Bertz CT molecular complexity index is 1420. The van der Waals surface area contributed by atoms with E-state index in [0.717, 1.165) is 45.5 Å². The molecule has 3 aromatic carbocycles. The average molecular weight is 461 g/mol. The van der Waals surface area contributed by atoms with Gasteiger partial charge in [0.2, 0.25) is 0 Å². The molecule has 0 unspecified atom stereocenters. The van der Waals surface area contributed by atoms with Gasteiger partial charge in [0.25, 0.3) is 0 Å². The predicted molar refractivity (Wildman–Crippen MR) is 139 cm³/mol. The Labute approximate surface area is 203 Å². The number of hydrogen-bond donors (Lipinski definition) is 2. The van der Waals surface area contributed by atoms with E-state index in [4.69, 9.17) is 4.74 Å². The molecule has 2 aromatic heterocycles. The van der Waals surface area contributed by atoms with Gasteiger partial charge in [0.05, 0.1) is 18.5 Å². The first kappa shape index (κ1) is 22.0. The molecule has 0 atom stereocenters. The van der Waals surface area contributed by atoms with Crippen LogP contribution in [0.4, 0.5) is 23.0 Å². The lowest BCUT2D eigenvalue weighted by Crippen LogP contribution is -2.00. The highest BCUT2D eigenvalue weighted by molar-refractivity contribution is 5.69. The number of nitrogens with zero attached hydrogens (tertiary/aromatic N) is 4. The molecule has 0 aliphatic heterocycles. The van der Waals surface area contributed by atoms with Crippen molar-refractivity contribution in [3.05, 3.63) is 103 Å². The van der Waals surface area contributed by atoms with E-state index >= 15 is 0 Å². The van der Waals surface area contributed by atoms with Crippen LogP contribution in [0.25, 0.3) is 22.5 Å². The third kappa shape index (κ3) is 5.42. The third-order valence-electron chi connectivity index (χ3n) is 5.37. The van der Waals surface area contributed by atoms with E-state index in [1.54, 1.807) is 7.11 Å². The molecule has 0 aliphatic carbocycles. The van der Waals surface area contributed by atoms with Crippen LogP contribution < -0.4 is 15.4 Å². The highest BCUT2D eigenvalue weighted by atomic mass is 16.5. The fourth-order valence-electron chi connectivity index (χ4n) is 3.67. The molecule has 2 heterocycles. The maximum absolute atomic E-state index is 5.21. The number of nitrogens with one attached hydrogen (secondary N) is 2. The number of rotatable bonds is 7. The molecule has 172 valence electrons. The van der Waals surface area contributed by atoms with Gasteiger partial charge in [-0.25, -0.2) is 9.97 Å². The van der Waals surface area contributed by atoms with Crippen LogP contribution in [0.5, 0.6) is 5.75 Å². The summed E-state index contributed by atoms with van der Waals surface area (Å²) in [6.45, 7) is 1.89. The molecule has 0 bridgehead atoms. The normalized spacial score (nSPS) is 10.6. The van der Waals surface area contributed by atoms with Gasteiger partial charge in [0, 0.05) is 28.6 Å². The third-order valence-corrected chi connectivity index (χ3v) is 5.37. The molecule has 5 rings (SSSR count). The highest BCUT2D eigenvalue weighted by Crippen LogP contribution is 2.25. The van der Waals surface area contributed by atoms with E-state index in [2.05, 4.69) is 30.8 Å². The van der Waals surface area contributed by atoms with E-state index in [9.17, 15) is 0 Å². The van der Waals surface area contributed by atoms with E-state index < -0.39 is 0 Å². The summed E-state index contributed by atoms with van der Waals surface area (Å²) in [4.78, 5) is 9.12. The predicted octanol–water partition coefficient (Wildman–Crippen LogP) is 6.40. The summed E-state index contributed by atoms with van der Waals surface area (Å²) in [5.41, 5.74) is 5.48. The Morgan fingerprint density at radius 2 is 1.31 bits per heavy atom. The number of benzene rings is 3.